The van der Waals surface area contributed by atoms with Crippen molar-refractivity contribution in [2.75, 3.05) is 11.1 Å². The first-order valence-corrected chi connectivity index (χ1v) is 6.44. The Morgan fingerprint density at radius 2 is 2.36 bits per heavy atom. The summed E-state index contributed by atoms with van der Waals surface area (Å²) in [5.74, 6) is 0. The van der Waals surface area contributed by atoms with Gasteiger partial charge in [0, 0.05) is 6.04 Å². The Bertz CT molecular complexity index is 133. The van der Waals surface area contributed by atoms with Gasteiger partial charge < -0.3 is 5.73 Å². The molecule has 1 rings (SSSR count). The van der Waals surface area contributed by atoms with Crippen LogP contribution >= 0.6 is 45.2 Å². The van der Waals surface area contributed by atoms with E-state index in [1.165, 1.54) is 19.4 Å². The van der Waals surface area contributed by atoms with Crippen molar-refractivity contribution in [2.24, 2.45) is 5.73 Å². The Balaban J connectivity index is 2.57. The maximum atomic E-state index is 6.05. The topological polar surface area (TPSA) is 29.3 Å². The molecule has 1 aliphatic heterocycles. The first kappa shape index (κ1) is 10.5. The Hall–Kier alpha value is 1.38. The van der Waals surface area contributed by atoms with Crippen LogP contribution in [0.25, 0.3) is 0 Å². The van der Waals surface area contributed by atoms with Crippen molar-refractivity contribution in [1.29, 1.82) is 0 Å². The van der Waals surface area contributed by atoms with Gasteiger partial charge in [-0.25, -0.2) is 0 Å². The molecular weight excluding hydrogens is 366 g/mol. The van der Waals surface area contributed by atoms with Gasteiger partial charge in [0.15, 0.2) is 0 Å². The average Bonchev–Trinajstić information content (AvgIpc) is 2.31. The van der Waals surface area contributed by atoms with Crippen LogP contribution in [-0.2, 0) is 0 Å². The molecule has 0 aromatic heterocycles. The molecule has 1 heterocycles. The summed E-state index contributed by atoms with van der Waals surface area (Å²) in [4.78, 5) is 2.47. The maximum Gasteiger partial charge on any atom is 0.0809 e. The van der Waals surface area contributed by atoms with Crippen LogP contribution in [0.2, 0.25) is 0 Å². The van der Waals surface area contributed by atoms with Crippen LogP contribution in [0.1, 0.15) is 19.8 Å². The van der Waals surface area contributed by atoms with Crippen LogP contribution in [0.4, 0.5) is 0 Å². The van der Waals surface area contributed by atoms with Crippen molar-refractivity contribution in [3.63, 3.8) is 0 Å². The molecule has 0 aromatic rings. The third kappa shape index (κ3) is 2.67. The van der Waals surface area contributed by atoms with Crippen LogP contribution in [0.15, 0.2) is 0 Å². The van der Waals surface area contributed by atoms with Gasteiger partial charge in [0.2, 0.25) is 0 Å². The number of halogens is 2. The highest BCUT2D eigenvalue weighted by Crippen LogP contribution is 2.29. The van der Waals surface area contributed by atoms with Crippen molar-refractivity contribution in [2.45, 2.75) is 29.4 Å². The second-order valence-electron chi connectivity index (χ2n) is 3.24. The van der Waals surface area contributed by atoms with E-state index in [4.69, 9.17) is 5.73 Å². The van der Waals surface area contributed by atoms with Crippen molar-refractivity contribution in [1.82, 2.24) is 4.90 Å². The van der Waals surface area contributed by atoms with Crippen LogP contribution in [-0.4, -0.2) is 25.6 Å². The predicted octanol–water partition coefficient (Wildman–Crippen LogP) is 1.95. The monoisotopic (exact) mass is 380 g/mol. The lowest BCUT2D eigenvalue weighted by molar-refractivity contribution is 0.267. The van der Waals surface area contributed by atoms with Crippen molar-refractivity contribution < 1.29 is 0 Å². The molecule has 0 amide bonds. The summed E-state index contributed by atoms with van der Waals surface area (Å²) >= 11 is 4.76. The summed E-state index contributed by atoms with van der Waals surface area (Å²) in [5.41, 5.74) is 6.05. The van der Waals surface area contributed by atoms with Gasteiger partial charge in [-0.2, -0.15) is 0 Å². The highest BCUT2D eigenvalue weighted by molar-refractivity contribution is 14.1. The molecule has 4 heteroatoms. The average molecular weight is 380 g/mol. The lowest BCUT2D eigenvalue weighted by Gasteiger charge is -2.31. The van der Waals surface area contributed by atoms with Crippen LogP contribution < -0.4 is 5.73 Å². The minimum Gasteiger partial charge on any atom is -0.316 e. The highest BCUT2D eigenvalue weighted by Gasteiger charge is 2.35. The summed E-state index contributed by atoms with van der Waals surface area (Å²) in [6, 6.07) is 0.583. The molecule has 0 bridgehead atoms. The third-order valence-corrected chi connectivity index (χ3v) is 3.76. The van der Waals surface area contributed by atoms with Crippen molar-refractivity contribution >= 4 is 45.2 Å². The quantitative estimate of drug-likeness (QED) is 0.451. The van der Waals surface area contributed by atoms with E-state index < -0.39 is 0 Å². The minimum atomic E-state index is -0.0561. The van der Waals surface area contributed by atoms with E-state index in [9.17, 15) is 0 Å². The maximum absolute atomic E-state index is 6.05. The number of hydrogen-bond acceptors (Lipinski definition) is 2. The van der Waals surface area contributed by atoms with Crippen LogP contribution in [0, 0.1) is 0 Å². The van der Waals surface area contributed by atoms with E-state index in [2.05, 4.69) is 57.0 Å². The Morgan fingerprint density at radius 3 is 2.73 bits per heavy atom. The smallest absolute Gasteiger partial charge is 0.0809 e. The first-order valence-electron chi connectivity index (χ1n) is 3.83. The second kappa shape index (κ2) is 4.06. The van der Waals surface area contributed by atoms with Gasteiger partial charge >= 0.3 is 0 Å². The molecule has 1 fully saturated rings. The van der Waals surface area contributed by atoms with E-state index in [0.29, 0.717) is 6.04 Å². The molecule has 0 spiro atoms. The van der Waals surface area contributed by atoms with E-state index in [1.54, 1.807) is 0 Å². The van der Waals surface area contributed by atoms with Crippen LogP contribution in [0.5, 0.6) is 0 Å². The number of nitrogens with two attached hydrogens (primary N) is 1. The fourth-order valence-corrected chi connectivity index (χ4v) is 3.13. The molecule has 1 aliphatic rings. The van der Waals surface area contributed by atoms with E-state index in [0.717, 1.165) is 4.55 Å². The lowest BCUT2D eigenvalue weighted by atomic mass is 10.1. The third-order valence-electron chi connectivity index (χ3n) is 2.17. The molecule has 1 saturated heterocycles. The van der Waals surface area contributed by atoms with E-state index in [-0.39, 0.29) is 3.55 Å². The number of likely N-dealkylation sites (tertiary alicyclic amines) is 1. The first-order chi connectivity index (χ1) is 5.05. The number of nitrogens with zero attached hydrogens (tertiary/aromatic N) is 1. The number of alkyl halides is 2. The molecule has 0 aromatic carbocycles. The van der Waals surface area contributed by atoms with Gasteiger partial charge in [-0.3, -0.25) is 4.90 Å². The van der Waals surface area contributed by atoms with Crippen molar-refractivity contribution in [3.05, 3.63) is 0 Å². The second-order valence-corrected chi connectivity index (χ2v) is 6.25. The van der Waals surface area contributed by atoms with Crippen molar-refractivity contribution in [3.8, 4) is 0 Å². The zero-order chi connectivity index (χ0) is 8.48. The number of hydrogen-bond donors (Lipinski definition) is 1. The Labute approximate surface area is 95.5 Å². The summed E-state index contributed by atoms with van der Waals surface area (Å²) in [5, 5.41) is 0. The summed E-state index contributed by atoms with van der Waals surface area (Å²) in [6.07, 6.45) is 2.57. The lowest BCUT2D eigenvalue weighted by Crippen LogP contribution is -2.48. The minimum absolute atomic E-state index is 0.0561. The van der Waals surface area contributed by atoms with Gasteiger partial charge in [-0.05, 0) is 26.3 Å². The Kier molecular flexibility index (Phi) is 3.86. The highest BCUT2D eigenvalue weighted by atomic mass is 127. The zero-order valence-corrected chi connectivity index (χ0v) is 11.0. The largest absolute Gasteiger partial charge is 0.316 e. The summed E-state index contributed by atoms with van der Waals surface area (Å²) in [6.45, 7) is 3.34. The molecule has 2 N–H and O–H groups in total. The number of rotatable bonds is 2. The molecule has 0 saturated carbocycles. The SMILES string of the molecule is C[C@@](N)(I)C1CCCN1CI. The van der Waals surface area contributed by atoms with Gasteiger partial charge in [0.25, 0.3) is 0 Å². The van der Waals surface area contributed by atoms with E-state index >= 15 is 0 Å². The standard InChI is InChI=1S/C7H14I2N2/c1-7(9,10)6-3-2-4-11(6)5-8/h6H,2-5,10H2,1H3/t6?,7-/m0/s1. The van der Waals surface area contributed by atoms with Crippen LogP contribution in [0.3, 0.4) is 0 Å². The molecule has 0 radical (unpaired) electrons. The normalized spacial score (nSPS) is 32.2. The fraction of sp³-hybridized carbons (Fsp3) is 1.00. The molecule has 2 nitrogen and oxygen atoms in total. The predicted molar refractivity (Wildman–Crippen MR) is 65.2 cm³/mol. The molecule has 66 valence electrons. The van der Waals surface area contributed by atoms with Gasteiger partial charge in [0.05, 0.1) is 8.10 Å². The van der Waals surface area contributed by atoms with Gasteiger partial charge in [-0.15, -0.1) is 0 Å². The molecule has 2 atom stereocenters. The zero-order valence-electron chi connectivity index (χ0n) is 6.69. The molecule has 11 heavy (non-hydrogen) atoms. The molecule has 0 aliphatic carbocycles. The molecule has 1 unspecified atom stereocenters. The fourth-order valence-electron chi connectivity index (χ4n) is 1.61. The van der Waals surface area contributed by atoms with E-state index in [1.807, 2.05) is 0 Å². The summed E-state index contributed by atoms with van der Waals surface area (Å²) in [7, 11) is 0. The molecular formula is C7H14I2N2. The summed E-state index contributed by atoms with van der Waals surface area (Å²) < 4.78 is 1.05. The Morgan fingerprint density at radius 1 is 1.73 bits per heavy atom. The van der Waals surface area contributed by atoms with Gasteiger partial charge in [0.1, 0.15) is 0 Å². The van der Waals surface area contributed by atoms with Gasteiger partial charge in [-0.1, -0.05) is 45.2 Å².